The van der Waals surface area contributed by atoms with Crippen molar-refractivity contribution in [3.8, 4) is 17.0 Å². The van der Waals surface area contributed by atoms with Gasteiger partial charge < -0.3 is 9.84 Å². The van der Waals surface area contributed by atoms with Gasteiger partial charge in [0, 0.05) is 16.3 Å². The van der Waals surface area contributed by atoms with Crippen LogP contribution < -0.4 is 4.74 Å². The van der Waals surface area contributed by atoms with Gasteiger partial charge in [0.05, 0.1) is 28.2 Å². The van der Waals surface area contributed by atoms with Crippen LogP contribution in [0.4, 0.5) is 0 Å². The second-order valence-corrected chi connectivity index (χ2v) is 5.93. The largest absolute Gasteiger partial charge is 0.497 e. The first-order valence-corrected chi connectivity index (χ1v) is 7.31. The number of carboxylic acid groups (broad SMARTS) is 1. The first-order chi connectivity index (χ1) is 10.1. The average Bonchev–Trinajstić information content (AvgIpc) is 2.92. The quantitative estimate of drug-likeness (QED) is 0.781. The molecular weight excluding hydrogens is 310 g/mol. The van der Waals surface area contributed by atoms with E-state index in [0.29, 0.717) is 26.7 Å². The number of ether oxygens (including phenoxy) is 1. The number of fused-ring (bicyclic) bond motifs is 1. The molecule has 2 heterocycles. The molecule has 0 saturated carbocycles. The van der Waals surface area contributed by atoms with E-state index in [4.69, 9.17) is 16.3 Å². The van der Waals surface area contributed by atoms with Crippen molar-refractivity contribution >= 4 is 39.8 Å². The van der Waals surface area contributed by atoms with Crippen LogP contribution in [0.25, 0.3) is 22.2 Å². The Morgan fingerprint density at radius 1 is 1.33 bits per heavy atom. The van der Waals surface area contributed by atoms with Crippen molar-refractivity contribution in [2.45, 2.75) is 0 Å². The van der Waals surface area contributed by atoms with E-state index < -0.39 is 5.97 Å². The maximum Gasteiger partial charge on any atom is 0.336 e. The first-order valence-electron chi connectivity index (χ1n) is 6.05. The van der Waals surface area contributed by atoms with Gasteiger partial charge >= 0.3 is 5.97 Å². The number of pyridine rings is 1. The summed E-state index contributed by atoms with van der Waals surface area (Å²) in [5.74, 6) is -0.406. The molecule has 4 nitrogen and oxygen atoms in total. The minimum atomic E-state index is -1.00. The molecule has 1 aromatic carbocycles. The van der Waals surface area contributed by atoms with Gasteiger partial charge in [0.15, 0.2) is 0 Å². The molecule has 1 N–H and O–H groups in total. The maximum absolute atomic E-state index is 11.5. The van der Waals surface area contributed by atoms with Crippen LogP contribution in [0.3, 0.4) is 0 Å². The molecule has 0 unspecified atom stereocenters. The molecule has 3 rings (SSSR count). The van der Waals surface area contributed by atoms with Crippen molar-refractivity contribution < 1.29 is 14.6 Å². The summed E-state index contributed by atoms with van der Waals surface area (Å²) in [6.45, 7) is 0. The monoisotopic (exact) mass is 319 g/mol. The van der Waals surface area contributed by atoms with Crippen molar-refractivity contribution in [2.75, 3.05) is 7.11 Å². The molecule has 0 aliphatic carbocycles. The number of hydrogen-bond acceptors (Lipinski definition) is 4. The predicted octanol–water partition coefficient (Wildman–Crippen LogP) is 4.32. The normalized spacial score (nSPS) is 10.8. The standard InChI is InChI=1S/C15H10ClNO3S/c1-20-9-2-3-12-10(5-9)11(15(18)19)6-13(17-12)8-4-14(16)21-7-8/h2-7H,1H3,(H,18,19). The third kappa shape index (κ3) is 2.57. The van der Waals surface area contributed by atoms with Gasteiger partial charge in [0.2, 0.25) is 0 Å². The lowest BCUT2D eigenvalue weighted by Crippen LogP contribution is -2.00. The van der Waals surface area contributed by atoms with E-state index in [1.54, 1.807) is 30.3 Å². The molecule has 3 aromatic rings. The molecule has 0 fully saturated rings. The third-order valence-corrected chi connectivity index (χ3v) is 4.20. The van der Waals surface area contributed by atoms with Gasteiger partial charge in [-0.1, -0.05) is 11.6 Å². The maximum atomic E-state index is 11.5. The number of nitrogens with zero attached hydrogens (tertiary/aromatic N) is 1. The van der Waals surface area contributed by atoms with Gasteiger partial charge in [-0.25, -0.2) is 9.78 Å². The van der Waals surface area contributed by atoms with Crippen LogP contribution >= 0.6 is 22.9 Å². The summed E-state index contributed by atoms with van der Waals surface area (Å²) in [6, 6.07) is 8.51. The molecule has 0 aliphatic heterocycles. The van der Waals surface area contributed by atoms with E-state index in [1.165, 1.54) is 18.4 Å². The number of methoxy groups -OCH3 is 1. The molecule has 21 heavy (non-hydrogen) atoms. The summed E-state index contributed by atoms with van der Waals surface area (Å²) < 4.78 is 5.78. The number of thiophene rings is 1. The van der Waals surface area contributed by atoms with Crippen LogP contribution in [0.5, 0.6) is 5.75 Å². The smallest absolute Gasteiger partial charge is 0.336 e. The lowest BCUT2D eigenvalue weighted by molar-refractivity contribution is 0.0699. The Morgan fingerprint density at radius 2 is 2.14 bits per heavy atom. The Labute approximate surface area is 129 Å². The molecule has 0 atom stereocenters. The molecule has 0 amide bonds. The zero-order valence-corrected chi connectivity index (χ0v) is 12.5. The van der Waals surface area contributed by atoms with Crippen LogP contribution in [-0.2, 0) is 0 Å². The Kier molecular flexibility index (Phi) is 3.53. The van der Waals surface area contributed by atoms with E-state index in [2.05, 4.69) is 4.98 Å². The summed E-state index contributed by atoms with van der Waals surface area (Å²) in [6.07, 6.45) is 0. The van der Waals surface area contributed by atoms with Crippen molar-refractivity contribution in [3.05, 3.63) is 45.6 Å². The van der Waals surface area contributed by atoms with Gasteiger partial charge in [-0.3, -0.25) is 0 Å². The van der Waals surface area contributed by atoms with Crippen LogP contribution in [0, 0.1) is 0 Å². The SMILES string of the molecule is COc1ccc2nc(-c3csc(Cl)c3)cc(C(=O)O)c2c1. The third-order valence-electron chi connectivity index (χ3n) is 3.11. The number of hydrogen-bond donors (Lipinski definition) is 1. The van der Waals surface area contributed by atoms with Gasteiger partial charge in [0.1, 0.15) is 5.75 Å². The highest BCUT2D eigenvalue weighted by atomic mass is 35.5. The van der Waals surface area contributed by atoms with E-state index in [9.17, 15) is 9.90 Å². The van der Waals surface area contributed by atoms with Gasteiger partial charge in [-0.15, -0.1) is 11.3 Å². The lowest BCUT2D eigenvalue weighted by atomic mass is 10.1. The van der Waals surface area contributed by atoms with Crippen LogP contribution in [-0.4, -0.2) is 23.2 Å². The Bertz CT molecular complexity index is 844. The molecule has 0 aliphatic rings. The van der Waals surface area contributed by atoms with Gasteiger partial charge in [0.25, 0.3) is 0 Å². The molecule has 0 bridgehead atoms. The van der Waals surface area contributed by atoms with E-state index in [-0.39, 0.29) is 5.56 Å². The number of halogens is 1. The van der Waals surface area contributed by atoms with Gasteiger partial charge in [-0.2, -0.15) is 0 Å². The van der Waals surface area contributed by atoms with Crippen molar-refractivity contribution in [3.63, 3.8) is 0 Å². The Balaban J connectivity index is 2.28. The topological polar surface area (TPSA) is 59.4 Å². The fourth-order valence-corrected chi connectivity index (χ4v) is 2.98. The van der Waals surface area contributed by atoms with E-state index in [0.717, 1.165) is 5.56 Å². The Morgan fingerprint density at radius 3 is 2.76 bits per heavy atom. The highest BCUT2D eigenvalue weighted by molar-refractivity contribution is 7.14. The number of aromatic carboxylic acids is 1. The fraction of sp³-hybridized carbons (Fsp3) is 0.0667. The van der Waals surface area contributed by atoms with Crippen molar-refractivity contribution in [1.29, 1.82) is 0 Å². The second kappa shape index (κ2) is 5.35. The molecule has 6 heteroatoms. The number of aromatic nitrogens is 1. The molecular formula is C15H10ClNO3S. The van der Waals surface area contributed by atoms with Crippen LogP contribution in [0.1, 0.15) is 10.4 Å². The lowest BCUT2D eigenvalue weighted by Gasteiger charge is -2.07. The van der Waals surface area contributed by atoms with Crippen LogP contribution in [0.2, 0.25) is 4.34 Å². The number of carbonyl (C=O) groups is 1. The second-order valence-electron chi connectivity index (χ2n) is 4.38. The molecule has 0 saturated heterocycles. The van der Waals surface area contributed by atoms with Crippen LogP contribution in [0.15, 0.2) is 35.7 Å². The molecule has 0 spiro atoms. The minimum Gasteiger partial charge on any atom is -0.497 e. The highest BCUT2D eigenvalue weighted by Crippen LogP contribution is 2.31. The highest BCUT2D eigenvalue weighted by Gasteiger charge is 2.14. The molecule has 106 valence electrons. The zero-order chi connectivity index (χ0) is 15.0. The average molecular weight is 320 g/mol. The van der Waals surface area contributed by atoms with E-state index in [1.807, 2.05) is 5.38 Å². The summed E-state index contributed by atoms with van der Waals surface area (Å²) in [7, 11) is 1.54. The first kappa shape index (κ1) is 13.9. The number of benzene rings is 1. The number of rotatable bonds is 3. The summed E-state index contributed by atoms with van der Waals surface area (Å²) in [5, 5.41) is 11.8. The summed E-state index contributed by atoms with van der Waals surface area (Å²) in [4.78, 5) is 16.0. The predicted molar refractivity (Wildman–Crippen MR) is 83.6 cm³/mol. The minimum absolute atomic E-state index is 0.191. The molecule has 2 aromatic heterocycles. The summed E-state index contributed by atoms with van der Waals surface area (Å²) >= 11 is 7.31. The Hall–Kier alpha value is -2.11. The van der Waals surface area contributed by atoms with Gasteiger partial charge in [-0.05, 0) is 30.3 Å². The van der Waals surface area contributed by atoms with Crippen molar-refractivity contribution in [2.24, 2.45) is 0 Å². The summed E-state index contributed by atoms with van der Waals surface area (Å²) in [5.41, 5.74) is 2.20. The number of carboxylic acids is 1. The van der Waals surface area contributed by atoms with E-state index >= 15 is 0 Å². The van der Waals surface area contributed by atoms with Crippen molar-refractivity contribution in [1.82, 2.24) is 4.98 Å². The molecule has 0 radical (unpaired) electrons. The fourth-order valence-electron chi connectivity index (χ4n) is 2.10. The zero-order valence-electron chi connectivity index (χ0n) is 11.0.